The molecule has 4 rings (SSSR count). The number of thiazole rings is 1. The molecule has 0 aliphatic carbocycles. The molecule has 1 aliphatic heterocycles. The number of aromatic nitrogens is 4. The van der Waals surface area contributed by atoms with Gasteiger partial charge in [0, 0.05) is 18.5 Å². The molecular formula is C21H20FN7O3S. The molecule has 0 bridgehead atoms. The van der Waals surface area contributed by atoms with Gasteiger partial charge in [0.15, 0.2) is 12.0 Å². The van der Waals surface area contributed by atoms with E-state index in [1.165, 1.54) is 22.6 Å². The van der Waals surface area contributed by atoms with Crippen LogP contribution in [-0.4, -0.2) is 67.8 Å². The minimum atomic E-state index is -1.44. The molecule has 170 valence electrons. The van der Waals surface area contributed by atoms with Crippen molar-refractivity contribution >= 4 is 28.2 Å². The highest BCUT2D eigenvalue weighted by atomic mass is 32.1. The highest BCUT2D eigenvalue weighted by Crippen LogP contribution is 2.29. The highest BCUT2D eigenvalue weighted by Gasteiger charge is 2.33. The van der Waals surface area contributed by atoms with Gasteiger partial charge in [0.1, 0.15) is 35.9 Å². The first-order chi connectivity index (χ1) is 16.0. The number of aliphatic hydroxyl groups excluding tert-OH is 1. The fourth-order valence-corrected chi connectivity index (χ4v) is 4.07. The second-order valence-corrected chi connectivity index (χ2v) is 8.16. The fourth-order valence-electron chi connectivity index (χ4n) is 3.38. The van der Waals surface area contributed by atoms with Crippen molar-refractivity contribution in [3.8, 4) is 23.2 Å². The van der Waals surface area contributed by atoms with E-state index in [-0.39, 0.29) is 30.8 Å². The van der Waals surface area contributed by atoms with Gasteiger partial charge in [0.05, 0.1) is 23.3 Å². The third kappa shape index (κ3) is 5.05. The molecule has 0 unspecified atom stereocenters. The topological polar surface area (TPSA) is 137 Å². The SMILES string of the molecule is Cc1ncsc1Nc1ncnc(-c2ccc(O[C@H]3CCN(C(=O)CO)C[C@@H]3F)c(C#N)c2)n1. The molecule has 1 fully saturated rings. The maximum absolute atomic E-state index is 14.6. The molecule has 33 heavy (non-hydrogen) atoms. The van der Waals surface area contributed by atoms with Gasteiger partial charge < -0.3 is 20.1 Å². The Balaban J connectivity index is 1.50. The van der Waals surface area contributed by atoms with Gasteiger partial charge in [-0.25, -0.2) is 19.3 Å². The van der Waals surface area contributed by atoms with Crippen molar-refractivity contribution in [2.75, 3.05) is 25.0 Å². The van der Waals surface area contributed by atoms with E-state index in [4.69, 9.17) is 9.84 Å². The zero-order valence-electron chi connectivity index (χ0n) is 17.6. The van der Waals surface area contributed by atoms with E-state index in [0.29, 0.717) is 17.3 Å². The zero-order chi connectivity index (χ0) is 23.4. The van der Waals surface area contributed by atoms with E-state index in [0.717, 1.165) is 10.7 Å². The summed E-state index contributed by atoms with van der Waals surface area (Å²) in [6.45, 7) is 1.32. The van der Waals surface area contributed by atoms with Gasteiger partial charge in [-0.3, -0.25) is 4.79 Å². The number of nitrogens with one attached hydrogen (secondary N) is 1. The number of anilines is 2. The van der Waals surface area contributed by atoms with Crippen molar-refractivity contribution in [1.29, 1.82) is 5.26 Å². The molecule has 1 amide bonds. The number of halogens is 1. The summed E-state index contributed by atoms with van der Waals surface area (Å²) in [6, 6.07) is 6.90. The van der Waals surface area contributed by atoms with Crippen LogP contribution in [0.3, 0.4) is 0 Å². The van der Waals surface area contributed by atoms with Crippen LogP contribution in [0.5, 0.6) is 5.75 Å². The van der Waals surface area contributed by atoms with Crippen molar-refractivity contribution < 1.29 is 19.0 Å². The first-order valence-corrected chi connectivity index (χ1v) is 11.0. The highest BCUT2D eigenvalue weighted by molar-refractivity contribution is 7.14. The smallest absolute Gasteiger partial charge is 0.248 e. The molecule has 3 heterocycles. The molecule has 1 aromatic carbocycles. The molecule has 2 aromatic heterocycles. The summed E-state index contributed by atoms with van der Waals surface area (Å²) in [7, 11) is 0. The number of carbonyl (C=O) groups excluding carboxylic acids is 1. The Morgan fingerprint density at radius 1 is 1.42 bits per heavy atom. The molecule has 1 saturated heterocycles. The first kappa shape index (κ1) is 22.5. The Hall–Kier alpha value is -3.69. The van der Waals surface area contributed by atoms with Crippen LogP contribution < -0.4 is 10.1 Å². The quantitative estimate of drug-likeness (QED) is 0.557. The number of benzene rings is 1. The number of carbonyl (C=O) groups is 1. The third-order valence-electron chi connectivity index (χ3n) is 5.15. The molecule has 10 nitrogen and oxygen atoms in total. The van der Waals surface area contributed by atoms with Gasteiger partial charge >= 0.3 is 0 Å². The van der Waals surface area contributed by atoms with Crippen LogP contribution in [0.2, 0.25) is 0 Å². The van der Waals surface area contributed by atoms with Crippen LogP contribution in [-0.2, 0) is 4.79 Å². The average Bonchev–Trinajstić information content (AvgIpc) is 3.24. The number of nitrogens with zero attached hydrogens (tertiary/aromatic N) is 6. The second-order valence-electron chi connectivity index (χ2n) is 7.31. The average molecular weight is 470 g/mol. The predicted molar refractivity (Wildman–Crippen MR) is 118 cm³/mol. The fraction of sp³-hybridized carbons (Fsp3) is 0.333. The van der Waals surface area contributed by atoms with Crippen LogP contribution >= 0.6 is 11.3 Å². The van der Waals surface area contributed by atoms with E-state index in [2.05, 4.69) is 31.3 Å². The molecule has 2 N–H and O–H groups in total. The lowest BCUT2D eigenvalue weighted by molar-refractivity contribution is -0.138. The predicted octanol–water partition coefficient (Wildman–Crippen LogP) is 2.23. The molecular weight excluding hydrogens is 449 g/mol. The lowest BCUT2D eigenvalue weighted by Gasteiger charge is -2.34. The van der Waals surface area contributed by atoms with Crippen molar-refractivity contribution in [1.82, 2.24) is 24.8 Å². The van der Waals surface area contributed by atoms with E-state index in [9.17, 15) is 14.4 Å². The summed E-state index contributed by atoms with van der Waals surface area (Å²) in [5.41, 5.74) is 3.33. The lowest BCUT2D eigenvalue weighted by Crippen LogP contribution is -2.50. The summed E-state index contributed by atoms with van der Waals surface area (Å²) >= 11 is 1.43. The van der Waals surface area contributed by atoms with Gasteiger partial charge in [-0.05, 0) is 25.1 Å². The summed E-state index contributed by atoms with van der Waals surface area (Å²) in [4.78, 5) is 29.7. The van der Waals surface area contributed by atoms with Crippen LogP contribution in [0, 0.1) is 18.3 Å². The minimum absolute atomic E-state index is 0.163. The van der Waals surface area contributed by atoms with Crippen molar-refractivity contribution in [2.45, 2.75) is 25.6 Å². The van der Waals surface area contributed by atoms with Crippen LogP contribution in [0.25, 0.3) is 11.4 Å². The zero-order valence-corrected chi connectivity index (χ0v) is 18.4. The number of rotatable bonds is 6. The molecule has 3 aromatic rings. The number of hydrogen-bond donors (Lipinski definition) is 2. The number of alkyl halides is 1. The number of ether oxygens (including phenoxy) is 1. The number of aliphatic hydroxyl groups is 1. The molecule has 0 spiro atoms. The minimum Gasteiger partial charge on any atom is -0.486 e. The molecule has 2 atom stereocenters. The Morgan fingerprint density at radius 3 is 2.97 bits per heavy atom. The largest absolute Gasteiger partial charge is 0.486 e. The first-order valence-electron chi connectivity index (χ1n) is 10.1. The van der Waals surface area contributed by atoms with Crippen LogP contribution in [0.15, 0.2) is 30.0 Å². The number of nitriles is 1. The normalized spacial score (nSPS) is 17.9. The van der Waals surface area contributed by atoms with Gasteiger partial charge in [-0.1, -0.05) is 0 Å². The molecule has 0 saturated carbocycles. The number of amides is 1. The Kier molecular flexibility index (Phi) is 6.71. The van der Waals surface area contributed by atoms with Gasteiger partial charge in [0.2, 0.25) is 11.9 Å². The van der Waals surface area contributed by atoms with Gasteiger partial charge in [-0.2, -0.15) is 10.2 Å². The Morgan fingerprint density at radius 2 is 2.27 bits per heavy atom. The number of piperidine rings is 1. The van der Waals surface area contributed by atoms with Crippen molar-refractivity contribution in [3.63, 3.8) is 0 Å². The standard InChI is InChI=1S/C21H20FN7O3S/c1-12-20(33-11-26-12)28-21-25-10-24-19(27-21)13-2-3-16(14(6-13)7-23)32-17-4-5-29(8-15(17)22)18(31)9-30/h2-3,6,10-11,15,17,30H,4-5,8-9H2,1H3,(H,24,25,27,28)/t15-,17-/m0/s1. The van der Waals surface area contributed by atoms with E-state index < -0.39 is 24.8 Å². The number of likely N-dealkylation sites (tertiary alicyclic amines) is 1. The van der Waals surface area contributed by atoms with E-state index in [1.54, 1.807) is 23.7 Å². The summed E-state index contributed by atoms with van der Waals surface area (Å²) in [6.07, 6.45) is -0.625. The lowest BCUT2D eigenvalue weighted by atomic mass is 10.0. The maximum atomic E-state index is 14.6. The van der Waals surface area contributed by atoms with Crippen molar-refractivity contribution in [3.05, 3.63) is 41.3 Å². The molecule has 12 heteroatoms. The maximum Gasteiger partial charge on any atom is 0.248 e. The summed E-state index contributed by atoms with van der Waals surface area (Å²) in [5.74, 6) is 0.422. The Bertz CT molecular complexity index is 1200. The molecule has 1 aliphatic rings. The summed E-state index contributed by atoms with van der Waals surface area (Å²) < 4.78 is 20.3. The van der Waals surface area contributed by atoms with Gasteiger partial charge in [-0.15, -0.1) is 11.3 Å². The van der Waals surface area contributed by atoms with Crippen LogP contribution in [0.1, 0.15) is 17.7 Å². The van der Waals surface area contributed by atoms with Crippen LogP contribution in [0.4, 0.5) is 15.3 Å². The monoisotopic (exact) mass is 469 g/mol. The Labute approximate surface area is 192 Å². The second kappa shape index (κ2) is 9.85. The van der Waals surface area contributed by atoms with E-state index >= 15 is 0 Å². The van der Waals surface area contributed by atoms with E-state index in [1.807, 2.05) is 6.92 Å². The summed E-state index contributed by atoms with van der Waals surface area (Å²) in [5, 5.41) is 22.5. The number of aryl methyl sites for hydroxylation is 1. The van der Waals surface area contributed by atoms with Gasteiger partial charge in [0.25, 0.3) is 0 Å². The molecule has 0 radical (unpaired) electrons. The number of hydrogen-bond acceptors (Lipinski definition) is 10. The third-order valence-corrected chi connectivity index (χ3v) is 5.99. The van der Waals surface area contributed by atoms with Crippen molar-refractivity contribution in [2.24, 2.45) is 0 Å².